The van der Waals surface area contributed by atoms with Crippen LogP contribution in [0.2, 0.25) is 10.0 Å². The van der Waals surface area contributed by atoms with Crippen molar-refractivity contribution in [2.24, 2.45) is 0 Å². The summed E-state index contributed by atoms with van der Waals surface area (Å²) >= 11 is 11.7. The molecule has 1 fully saturated rings. The first kappa shape index (κ1) is 19.8. The molecule has 9 heteroatoms. The summed E-state index contributed by atoms with van der Waals surface area (Å²) in [5.74, 6) is -0.824. The summed E-state index contributed by atoms with van der Waals surface area (Å²) < 4.78 is 22.8. The monoisotopic (exact) mass is 404 g/mol. The van der Waals surface area contributed by atoms with Gasteiger partial charge in [0.25, 0.3) is 0 Å². The molecule has 2 amide bonds. The molecule has 0 bridgehead atoms. The Hall–Kier alpha value is -1.57. The number of hydrogen-bond acceptors (Lipinski definition) is 4. The number of carbonyl (C=O) groups excluding carboxylic acids is 2. The zero-order valence-corrected chi connectivity index (χ0v) is 15.9. The fraction of sp³-hybridized carbons (Fsp3) is 0.375. The van der Waals surface area contributed by atoms with Gasteiger partial charge in [0.05, 0.1) is 21.6 Å². The number of rotatable bonds is 4. The third kappa shape index (κ3) is 5.73. The average Bonchev–Trinajstić information content (AvgIpc) is 2.55. The smallest absolute Gasteiger partial charge is 0.244 e. The molecule has 136 valence electrons. The van der Waals surface area contributed by atoms with Gasteiger partial charge in [-0.05, 0) is 30.7 Å². The SMILES string of the molecule is CC(NC(=O)/C=C/c1ccc(Cl)c(Cl)c1)C(=O)N1CCS(=O)(=O)CC1. The van der Waals surface area contributed by atoms with E-state index in [9.17, 15) is 18.0 Å². The molecule has 1 aromatic rings. The van der Waals surface area contributed by atoms with Crippen LogP contribution >= 0.6 is 23.2 Å². The molecule has 1 aliphatic heterocycles. The number of halogens is 2. The molecule has 1 saturated heterocycles. The molecule has 0 radical (unpaired) electrons. The summed E-state index contributed by atoms with van der Waals surface area (Å²) in [5.41, 5.74) is 0.699. The quantitative estimate of drug-likeness (QED) is 0.774. The van der Waals surface area contributed by atoms with Crippen molar-refractivity contribution in [3.05, 3.63) is 39.9 Å². The summed E-state index contributed by atoms with van der Waals surface area (Å²) in [6.07, 6.45) is 2.85. The summed E-state index contributed by atoms with van der Waals surface area (Å²) in [4.78, 5) is 25.7. The second-order valence-corrected chi connectivity index (χ2v) is 8.83. The predicted octanol–water partition coefficient (Wildman–Crippen LogP) is 1.77. The molecular weight excluding hydrogens is 387 g/mol. The van der Waals surface area contributed by atoms with Crippen LogP contribution < -0.4 is 5.32 Å². The second kappa shape index (κ2) is 8.21. The molecule has 1 atom stereocenters. The van der Waals surface area contributed by atoms with Gasteiger partial charge >= 0.3 is 0 Å². The van der Waals surface area contributed by atoms with E-state index in [4.69, 9.17) is 23.2 Å². The van der Waals surface area contributed by atoms with Crippen molar-refractivity contribution in [2.45, 2.75) is 13.0 Å². The summed E-state index contributed by atoms with van der Waals surface area (Å²) in [6, 6.07) is 4.21. The number of benzene rings is 1. The first-order valence-electron chi connectivity index (χ1n) is 7.61. The van der Waals surface area contributed by atoms with Gasteiger partial charge in [-0.25, -0.2) is 8.42 Å². The van der Waals surface area contributed by atoms with Gasteiger partial charge in [-0.3, -0.25) is 9.59 Å². The van der Waals surface area contributed by atoms with E-state index in [1.54, 1.807) is 31.2 Å². The molecule has 1 unspecified atom stereocenters. The molecular formula is C16H18Cl2N2O4S. The Balaban J connectivity index is 1.89. The topological polar surface area (TPSA) is 83.6 Å². The van der Waals surface area contributed by atoms with Gasteiger partial charge in [0, 0.05) is 19.2 Å². The van der Waals surface area contributed by atoms with E-state index in [0.29, 0.717) is 15.6 Å². The molecule has 1 N–H and O–H groups in total. The van der Waals surface area contributed by atoms with Gasteiger partial charge in [-0.2, -0.15) is 0 Å². The fourth-order valence-electron chi connectivity index (χ4n) is 2.32. The minimum absolute atomic E-state index is 0.0450. The van der Waals surface area contributed by atoms with Crippen molar-refractivity contribution in [3.63, 3.8) is 0 Å². The van der Waals surface area contributed by atoms with Crippen molar-refractivity contribution in [2.75, 3.05) is 24.6 Å². The van der Waals surface area contributed by atoms with E-state index >= 15 is 0 Å². The molecule has 0 spiro atoms. The highest BCUT2D eigenvalue weighted by Gasteiger charge is 2.28. The minimum Gasteiger partial charge on any atom is -0.341 e. The third-order valence-corrected chi connectivity index (χ3v) is 6.10. The minimum atomic E-state index is -3.06. The van der Waals surface area contributed by atoms with Gasteiger partial charge < -0.3 is 10.2 Å². The van der Waals surface area contributed by atoms with E-state index in [1.807, 2.05) is 0 Å². The van der Waals surface area contributed by atoms with Crippen LogP contribution in [-0.2, 0) is 19.4 Å². The van der Waals surface area contributed by atoms with Crippen LogP contribution in [-0.4, -0.2) is 55.8 Å². The Morgan fingerprint density at radius 2 is 1.84 bits per heavy atom. The number of nitrogens with one attached hydrogen (secondary N) is 1. The number of hydrogen-bond donors (Lipinski definition) is 1. The third-order valence-electron chi connectivity index (χ3n) is 3.76. The van der Waals surface area contributed by atoms with E-state index in [0.717, 1.165) is 0 Å². The van der Waals surface area contributed by atoms with E-state index < -0.39 is 21.8 Å². The number of nitrogens with zero attached hydrogens (tertiary/aromatic N) is 1. The maximum atomic E-state index is 12.3. The summed E-state index contributed by atoms with van der Waals surface area (Å²) in [7, 11) is -3.06. The highest BCUT2D eigenvalue weighted by Crippen LogP contribution is 2.23. The molecule has 25 heavy (non-hydrogen) atoms. The summed E-state index contributed by atoms with van der Waals surface area (Å²) in [6.45, 7) is 1.87. The van der Waals surface area contributed by atoms with Gasteiger partial charge in [0.15, 0.2) is 9.84 Å². The van der Waals surface area contributed by atoms with Crippen LogP contribution in [0.1, 0.15) is 12.5 Å². The Kier molecular flexibility index (Phi) is 6.48. The Labute approximate surface area is 156 Å². The Morgan fingerprint density at radius 1 is 1.20 bits per heavy atom. The molecule has 6 nitrogen and oxygen atoms in total. The van der Waals surface area contributed by atoms with Crippen molar-refractivity contribution in [3.8, 4) is 0 Å². The van der Waals surface area contributed by atoms with Crippen LogP contribution in [0.25, 0.3) is 6.08 Å². The lowest BCUT2D eigenvalue weighted by atomic mass is 10.2. The zero-order valence-electron chi connectivity index (χ0n) is 13.5. The number of sulfone groups is 1. The lowest BCUT2D eigenvalue weighted by Gasteiger charge is -2.29. The van der Waals surface area contributed by atoms with Crippen LogP contribution in [0.4, 0.5) is 0 Å². The van der Waals surface area contributed by atoms with Gasteiger partial charge in [0.2, 0.25) is 11.8 Å². The van der Waals surface area contributed by atoms with Crippen LogP contribution in [0.15, 0.2) is 24.3 Å². The van der Waals surface area contributed by atoms with Gasteiger partial charge in [0.1, 0.15) is 6.04 Å². The molecule has 0 aromatic heterocycles. The lowest BCUT2D eigenvalue weighted by molar-refractivity contribution is -0.134. The van der Waals surface area contributed by atoms with Crippen LogP contribution in [0.5, 0.6) is 0 Å². The highest BCUT2D eigenvalue weighted by atomic mass is 35.5. The molecule has 1 aromatic carbocycles. The Morgan fingerprint density at radius 3 is 2.44 bits per heavy atom. The predicted molar refractivity (Wildman–Crippen MR) is 98.3 cm³/mol. The van der Waals surface area contributed by atoms with Crippen molar-refractivity contribution >= 4 is 50.9 Å². The molecule has 1 aliphatic rings. The zero-order chi connectivity index (χ0) is 18.6. The van der Waals surface area contributed by atoms with E-state index in [-0.39, 0.29) is 30.5 Å². The maximum Gasteiger partial charge on any atom is 0.244 e. The van der Waals surface area contributed by atoms with Crippen molar-refractivity contribution in [1.82, 2.24) is 10.2 Å². The van der Waals surface area contributed by atoms with Gasteiger partial charge in [-0.1, -0.05) is 29.3 Å². The average molecular weight is 405 g/mol. The molecule has 2 rings (SSSR count). The molecule has 0 saturated carbocycles. The fourth-order valence-corrected chi connectivity index (χ4v) is 3.83. The maximum absolute atomic E-state index is 12.3. The standard InChI is InChI=1S/C16H18Cl2N2O4S/c1-11(16(22)20-6-8-25(23,24)9-7-20)19-15(21)5-3-12-2-4-13(17)14(18)10-12/h2-5,10-11H,6-9H2,1H3,(H,19,21)/b5-3+. The first-order chi connectivity index (χ1) is 11.7. The van der Waals surface area contributed by atoms with Crippen molar-refractivity contribution < 1.29 is 18.0 Å². The van der Waals surface area contributed by atoms with E-state index in [1.165, 1.54) is 11.0 Å². The Bertz CT molecular complexity index is 794. The largest absolute Gasteiger partial charge is 0.341 e. The number of amides is 2. The van der Waals surface area contributed by atoms with Crippen molar-refractivity contribution in [1.29, 1.82) is 0 Å². The first-order valence-corrected chi connectivity index (χ1v) is 10.2. The lowest BCUT2D eigenvalue weighted by Crippen LogP contribution is -2.51. The molecule has 1 heterocycles. The second-order valence-electron chi connectivity index (χ2n) is 5.71. The molecule has 0 aliphatic carbocycles. The summed E-state index contributed by atoms with van der Waals surface area (Å²) in [5, 5.41) is 3.37. The highest BCUT2D eigenvalue weighted by molar-refractivity contribution is 7.91. The van der Waals surface area contributed by atoms with Crippen LogP contribution in [0.3, 0.4) is 0 Å². The van der Waals surface area contributed by atoms with Crippen LogP contribution in [0, 0.1) is 0 Å². The number of carbonyl (C=O) groups is 2. The van der Waals surface area contributed by atoms with E-state index in [2.05, 4.69) is 5.32 Å². The normalized spacial score (nSPS) is 18.1. The van der Waals surface area contributed by atoms with Gasteiger partial charge in [-0.15, -0.1) is 0 Å².